The van der Waals surface area contributed by atoms with Crippen molar-refractivity contribution in [1.29, 1.82) is 0 Å². The van der Waals surface area contributed by atoms with Crippen molar-refractivity contribution >= 4 is 10.9 Å². The predicted molar refractivity (Wildman–Crippen MR) is 78.9 cm³/mol. The summed E-state index contributed by atoms with van der Waals surface area (Å²) in [5.74, 6) is 0.0221. The smallest absolute Gasteiger partial charge is 0.248 e. The van der Waals surface area contributed by atoms with Crippen LogP contribution in [0.3, 0.4) is 0 Å². The molecule has 0 fully saturated rings. The molecule has 5 nitrogen and oxygen atoms in total. The van der Waals surface area contributed by atoms with E-state index in [4.69, 9.17) is 0 Å². The summed E-state index contributed by atoms with van der Waals surface area (Å²) in [5, 5.41) is 23.5. The zero-order valence-corrected chi connectivity index (χ0v) is 11.9. The molecule has 0 bridgehead atoms. The number of pyridine rings is 1. The molecule has 108 valence electrons. The van der Waals surface area contributed by atoms with Crippen molar-refractivity contribution in [3.63, 3.8) is 0 Å². The molecule has 0 amide bonds. The minimum atomic E-state index is -0.274. The SMILES string of the molecule is CC(C)(C)NC(CO)c1ccc(O)c2[nH]c(=O)ccc12. The number of hydrogen-bond donors (Lipinski definition) is 4. The number of aromatic hydroxyl groups is 1. The molecule has 0 aliphatic rings. The molecule has 0 saturated carbocycles. The van der Waals surface area contributed by atoms with Crippen molar-refractivity contribution < 1.29 is 10.2 Å². The van der Waals surface area contributed by atoms with Crippen molar-refractivity contribution in [2.75, 3.05) is 6.61 Å². The van der Waals surface area contributed by atoms with Gasteiger partial charge in [0.1, 0.15) is 5.75 Å². The number of hydrogen-bond acceptors (Lipinski definition) is 4. The second-order valence-corrected chi connectivity index (χ2v) is 5.91. The van der Waals surface area contributed by atoms with E-state index in [0.29, 0.717) is 5.52 Å². The number of H-pyrrole nitrogens is 1. The molecular formula is C15H20N2O3. The highest BCUT2D eigenvalue weighted by atomic mass is 16.3. The summed E-state index contributed by atoms with van der Waals surface area (Å²) in [6, 6.07) is 6.09. The lowest BCUT2D eigenvalue weighted by Gasteiger charge is -2.28. The zero-order chi connectivity index (χ0) is 14.9. The number of rotatable bonds is 3. The summed E-state index contributed by atoms with van der Waals surface area (Å²) in [4.78, 5) is 14.0. The third-order valence-corrected chi connectivity index (χ3v) is 3.07. The van der Waals surface area contributed by atoms with Crippen molar-refractivity contribution in [3.8, 4) is 5.75 Å². The minimum Gasteiger partial charge on any atom is -0.506 e. The number of aliphatic hydroxyl groups is 1. The van der Waals surface area contributed by atoms with Gasteiger partial charge in [-0.05, 0) is 38.5 Å². The maximum Gasteiger partial charge on any atom is 0.248 e. The topological polar surface area (TPSA) is 85.3 Å². The van der Waals surface area contributed by atoms with E-state index < -0.39 is 0 Å². The van der Waals surface area contributed by atoms with Gasteiger partial charge in [-0.3, -0.25) is 4.79 Å². The zero-order valence-electron chi connectivity index (χ0n) is 11.9. The lowest BCUT2D eigenvalue weighted by molar-refractivity contribution is 0.218. The van der Waals surface area contributed by atoms with Gasteiger partial charge >= 0.3 is 0 Å². The molecule has 0 aliphatic carbocycles. The van der Waals surface area contributed by atoms with Crippen LogP contribution in [0.5, 0.6) is 5.75 Å². The van der Waals surface area contributed by atoms with Crippen molar-refractivity contribution in [2.24, 2.45) is 0 Å². The fourth-order valence-electron chi connectivity index (χ4n) is 2.31. The van der Waals surface area contributed by atoms with Gasteiger partial charge in [0.2, 0.25) is 5.56 Å². The Bertz CT molecular complexity index is 671. The highest BCUT2D eigenvalue weighted by Crippen LogP contribution is 2.29. The van der Waals surface area contributed by atoms with Gasteiger partial charge in [0.25, 0.3) is 0 Å². The van der Waals surface area contributed by atoms with Gasteiger partial charge in [-0.1, -0.05) is 6.07 Å². The van der Waals surface area contributed by atoms with Crippen LogP contribution in [0, 0.1) is 0 Å². The van der Waals surface area contributed by atoms with Gasteiger partial charge in [0, 0.05) is 17.0 Å². The van der Waals surface area contributed by atoms with E-state index in [1.807, 2.05) is 20.8 Å². The summed E-state index contributed by atoms with van der Waals surface area (Å²) in [6.07, 6.45) is 0. The van der Waals surface area contributed by atoms with Gasteiger partial charge in [0.05, 0.1) is 18.2 Å². The molecule has 2 rings (SSSR count). The number of nitrogens with one attached hydrogen (secondary N) is 2. The van der Waals surface area contributed by atoms with Gasteiger partial charge in [-0.25, -0.2) is 0 Å². The first-order valence-electron chi connectivity index (χ1n) is 6.55. The molecule has 20 heavy (non-hydrogen) atoms. The molecule has 1 unspecified atom stereocenters. The van der Waals surface area contributed by atoms with Crippen molar-refractivity contribution in [1.82, 2.24) is 10.3 Å². The number of phenolic OH excluding ortho intramolecular Hbond substituents is 1. The van der Waals surface area contributed by atoms with E-state index in [0.717, 1.165) is 10.9 Å². The monoisotopic (exact) mass is 276 g/mol. The van der Waals surface area contributed by atoms with Crippen LogP contribution in [0.15, 0.2) is 29.1 Å². The molecule has 0 aliphatic heterocycles. The third-order valence-electron chi connectivity index (χ3n) is 3.07. The average molecular weight is 276 g/mol. The number of benzene rings is 1. The van der Waals surface area contributed by atoms with Crippen LogP contribution < -0.4 is 10.9 Å². The molecule has 0 saturated heterocycles. The Balaban J connectivity index is 2.59. The molecule has 5 heteroatoms. The van der Waals surface area contributed by atoms with Crippen LogP contribution in [0.2, 0.25) is 0 Å². The van der Waals surface area contributed by atoms with Crippen LogP contribution in [-0.4, -0.2) is 27.3 Å². The molecule has 1 aromatic carbocycles. The Kier molecular flexibility index (Phi) is 3.83. The first-order chi connectivity index (χ1) is 9.31. The Morgan fingerprint density at radius 3 is 2.55 bits per heavy atom. The van der Waals surface area contributed by atoms with Crippen molar-refractivity contribution in [3.05, 3.63) is 40.2 Å². The molecule has 0 spiro atoms. The predicted octanol–water partition coefficient (Wildman–Crippen LogP) is 1.66. The number of fused-ring (bicyclic) bond motifs is 1. The molecular weight excluding hydrogens is 256 g/mol. The number of phenols is 1. The van der Waals surface area contributed by atoms with Gasteiger partial charge < -0.3 is 20.5 Å². The molecule has 2 aromatic rings. The quantitative estimate of drug-likeness (QED) is 0.687. The van der Waals surface area contributed by atoms with Crippen LogP contribution in [0.1, 0.15) is 32.4 Å². The van der Waals surface area contributed by atoms with Gasteiger partial charge in [0.15, 0.2) is 0 Å². The van der Waals surface area contributed by atoms with E-state index in [1.165, 1.54) is 12.1 Å². The van der Waals surface area contributed by atoms with E-state index in [-0.39, 0.29) is 29.5 Å². The normalized spacial score (nSPS) is 13.6. The molecule has 4 N–H and O–H groups in total. The molecule has 1 atom stereocenters. The molecule has 1 aromatic heterocycles. The maximum absolute atomic E-state index is 11.4. The number of aliphatic hydroxyl groups excluding tert-OH is 1. The fourth-order valence-corrected chi connectivity index (χ4v) is 2.31. The Morgan fingerprint density at radius 1 is 1.25 bits per heavy atom. The Hall–Kier alpha value is -1.85. The summed E-state index contributed by atoms with van der Waals surface area (Å²) in [7, 11) is 0. The number of aromatic nitrogens is 1. The number of aromatic amines is 1. The highest BCUT2D eigenvalue weighted by Gasteiger charge is 2.20. The minimum absolute atomic E-state index is 0.0221. The van der Waals surface area contributed by atoms with E-state index in [1.54, 1.807) is 12.1 Å². The van der Waals surface area contributed by atoms with Crippen LogP contribution in [0.4, 0.5) is 0 Å². The second kappa shape index (κ2) is 5.26. The van der Waals surface area contributed by atoms with Gasteiger partial charge in [-0.15, -0.1) is 0 Å². The second-order valence-electron chi connectivity index (χ2n) is 5.91. The van der Waals surface area contributed by atoms with Crippen LogP contribution in [0.25, 0.3) is 10.9 Å². The molecule has 0 radical (unpaired) electrons. The van der Waals surface area contributed by atoms with E-state index >= 15 is 0 Å². The third kappa shape index (κ3) is 3.00. The first kappa shape index (κ1) is 14.6. The fraction of sp³-hybridized carbons (Fsp3) is 0.400. The maximum atomic E-state index is 11.4. The van der Waals surface area contributed by atoms with Gasteiger partial charge in [-0.2, -0.15) is 0 Å². The lowest BCUT2D eigenvalue weighted by Crippen LogP contribution is -2.40. The van der Waals surface area contributed by atoms with E-state index in [9.17, 15) is 15.0 Å². The average Bonchev–Trinajstić information content (AvgIpc) is 2.36. The van der Waals surface area contributed by atoms with Crippen LogP contribution >= 0.6 is 0 Å². The van der Waals surface area contributed by atoms with Crippen LogP contribution in [-0.2, 0) is 0 Å². The summed E-state index contributed by atoms with van der Waals surface area (Å²) < 4.78 is 0. The highest BCUT2D eigenvalue weighted by molar-refractivity contribution is 5.87. The standard InChI is InChI=1S/C15H20N2O3/c1-15(2,3)17-11(8-18)9-4-6-12(19)14-10(9)5-7-13(20)16-14/h4-7,11,17-19H,8H2,1-3H3,(H,16,20). The Labute approximate surface area is 117 Å². The lowest BCUT2D eigenvalue weighted by atomic mass is 9.98. The summed E-state index contributed by atoms with van der Waals surface area (Å²) >= 11 is 0. The summed E-state index contributed by atoms with van der Waals surface area (Å²) in [5.41, 5.74) is 0.796. The Morgan fingerprint density at radius 2 is 1.95 bits per heavy atom. The molecule has 1 heterocycles. The first-order valence-corrected chi connectivity index (χ1v) is 6.55. The van der Waals surface area contributed by atoms with Crippen molar-refractivity contribution in [2.45, 2.75) is 32.4 Å². The van der Waals surface area contributed by atoms with E-state index in [2.05, 4.69) is 10.3 Å². The largest absolute Gasteiger partial charge is 0.506 e. The summed E-state index contributed by atoms with van der Waals surface area (Å²) in [6.45, 7) is 5.97.